The summed E-state index contributed by atoms with van der Waals surface area (Å²) in [6.07, 6.45) is 0. The average molecular weight is 810 g/mol. The molecule has 0 radical (unpaired) electrons. The molecule has 0 spiro atoms. The van der Waals surface area contributed by atoms with Crippen molar-refractivity contribution < 1.29 is 0 Å². The van der Waals surface area contributed by atoms with Crippen molar-refractivity contribution in [3.05, 3.63) is 258 Å². The summed E-state index contributed by atoms with van der Waals surface area (Å²) in [6.45, 7) is 4.70. The van der Waals surface area contributed by atoms with Crippen LogP contribution in [0.2, 0.25) is 0 Å². The summed E-state index contributed by atoms with van der Waals surface area (Å²) in [6, 6.07) is 83.3. The molecule has 62 heavy (non-hydrogen) atoms. The van der Waals surface area contributed by atoms with Crippen molar-refractivity contribution in [2.75, 3.05) is 4.90 Å². The third-order valence-electron chi connectivity index (χ3n) is 13.5. The molecular weight excluding hydrogens is 767 g/mol. The maximum absolute atomic E-state index is 2.46. The largest absolute Gasteiger partial charge is 0.310 e. The zero-order chi connectivity index (χ0) is 41.4. The van der Waals surface area contributed by atoms with Gasteiger partial charge in [-0.25, -0.2) is 0 Å². The fourth-order valence-electron chi connectivity index (χ4n) is 10.7. The van der Waals surface area contributed by atoms with E-state index in [1.165, 1.54) is 87.3 Å². The van der Waals surface area contributed by atoms with Gasteiger partial charge in [0.2, 0.25) is 0 Å². The lowest BCUT2D eigenvalue weighted by atomic mass is 9.67. The molecule has 0 aliphatic heterocycles. The molecule has 0 saturated heterocycles. The Morgan fingerprint density at radius 1 is 0.371 bits per heavy atom. The van der Waals surface area contributed by atoms with Gasteiger partial charge in [-0.3, -0.25) is 0 Å². The molecule has 1 nitrogen and oxygen atoms in total. The summed E-state index contributed by atoms with van der Waals surface area (Å²) in [7, 11) is 0. The topological polar surface area (TPSA) is 3.24 Å². The maximum Gasteiger partial charge on any atom is 0.0728 e. The van der Waals surface area contributed by atoms with E-state index in [9.17, 15) is 0 Å². The maximum atomic E-state index is 2.46. The molecule has 0 fully saturated rings. The molecule has 0 atom stereocenters. The minimum Gasteiger partial charge on any atom is -0.310 e. The van der Waals surface area contributed by atoms with Crippen molar-refractivity contribution in [1.29, 1.82) is 0 Å². The minimum atomic E-state index is -0.448. The highest BCUT2D eigenvalue weighted by molar-refractivity contribution is 7.22. The molecule has 0 unspecified atom stereocenters. The Hall–Kier alpha value is -7.26. The fraction of sp³-hybridized carbons (Fsp3) is 0.0667. The van der Waals surface area contributed by atoms with Crippen LogP contribution in [0.4, 0.5) is 17.1 Å². The van der Waals surface area contributed by atoms with Gasteiger partial charge in [-0.15, -0.1) is 11.3 Å². The van der Waals surface area contributed by atoms with Crippen LogP contribution in [-0.4, -0.2) is 0 Å². The van der Waals surface area contributed by atoms with Gasteiger partial charge in [-0.05, 0) is 126 Å². The predicted molar refractivity (Wildman–Crippen MR) is 262 cm³/mol. The second kappa shape index (κ2) is 14.2. The third kappa shape index (κ3) is 5.46. The summed E-state index contributed by atoms with van der Waals surface area (Å²) < 4.78 is 1.32. The second-order valence-corrected chi connectivity index (χ2v) is 18.3. The molecule has 2 heteroatoms. The van der Waals surface area contributed by atoms with Crippen molar-refractivity contribution in [2.24, 2.45) is 0 Å². The second-order valence-electron chi connectivity index (χ2n) is 17.2. The Kier molecular flexibility index (Phi) is 8.36. The molecule has 9 aromatic carbocycles. The van der Waals surface area contributed by atoms with E-state index in [0.717, 1.165) is 17.1 Å². The van der Waals surface area contributed by atoms with Crippen LogP contribution in [0.25, 0.3) is 53.9 Å². The number of hydrogen-bond donors (Lipinski definition) is 0. The van der Waals surface area contributed by atoms with E-state index in [0.29, 0.717) is 0 Å². The van der Waals surface area contributed by atoms with Crippen LogP contribution < -0.4 is 4.90 Å². The van der Waals surface area contributed by atoms with E-state index < -0.39 is 5.41 Å². The lowest BCUT2D eigenvalue weighted by Crippen LogP contribution is -2.28. The molecule has 12 rings (SSSR count). The number of benzene rings is 9. The Bertz CT molecular complexity index is 3270. The van der Waals surface area contributed by atoms with E-state index in [4.69, 9.17) is 0 Å². The van der Waals surface area contributed by atoms with Gasteiger partial charge >= 0.3 is 0 Å². The van der Waals surface area contributed by atoms with Crippen LogP contribution in [0.5, 0.6) is 0 Å². The van der Waals surface area contributed by atoms with Gasteiger partial charge in [0.25, 0.3) is 0 Å². The van der Waals surface area contributed by atoms with Crippen LogP contribution >= 0.6 is 11.3 Å². The summed E-state index contributed by atoms with van der Waals surface area (Å²) >= 11 is 1.92. The monoisotopic (exact) mass is 809 g/mol. The van der Waals surface area contributed by atoms with E-state index in [1.54, 1.807) is 0 Å². The van der Waals surface area contributed by atoms with Gasteiger partial charge in [0.15, 0.2) is 0 Å². The van der Waals surface area contributed by atoms with E-state index in [-0.39, 0.29) is 5.41 Å². The van der Waals surface area contributed by atoms with Gasteiger partial charge in [0, 0.05) is 32.1 Å². The first-order chi connectivity index (χ1) is 30.5. The van der Waals surface area contributed by atoms with Gasteiger partial charge < -0.3 is 4.90 Å². The van der Waals surface area contributed by atoms with Gasteiger partial charge in [0.05, 0.1) is 5.41 Å². The van der Waals surface area contributed by atoms with Crippen molar-refractivity contribution in [2.45, 2.75) is 24.7 Å². The molecule has 1 aromatic heterocycles. The summed E-state index contributed by atoms with van der Waals surface area (Å²) in [5.41, 5.74) is 19.7. The van der Waals surface area contributed by atoms with Crippen molar-refractivity contribution in [3.63, 3.8) is 0 Å². The first-order valence-electron chi connectivity index (χ1n) is 21.6. The third-order valence-corrected chi connectivity index (χ3v) is 14.8. The fourth-order valence-corrected chi connectivity index (χ4v) is 12.0. The molecule has 294 valence electrons. The molecule has 0 saturated carbocycles. The smallest absolute Gasteiger partial charge is 0.0728 e. The highest BCUT2D eigenvalue weighted by Crippen LogP contribution is 2.61. The highest BCUT2D eigenvalue weighted by Gasteiger charge is 2.48. The molecular formula is C60H43NS. The van der Waals surface area contributed by atoms with Crippen molar-refractivity contribution >= 4 is 38.5 Å². The molecule has 0 bridgehead atoms. The lowest BCUT2D eigenvalue weighted by Gasteiger charge is -2.34. The Labute approximate surface area is 367 Å². The number of anilines is 3. The molecule has 0 N–H and O–H groups in total. The summed E-state index contributed by atoms with van der Waals surface area (Å²) in [5.74, 6) is 0. The molecule has 1 heterocycles. The Morgan fingerprint density at radius 2 is 0.919 bits per heavy atom. The molecule has 2 aliphatic carbocycles. The summed E-state index contributed by atoms with van der Waals surface area (Å²) in [4.78, 5) is 3.79. The number of thiophene rings is 1. The predicted octanol–water partition coefficient (Wildman–Crippen LogP) is 16.4. The standard InChI is InChI=1S/C60H43NS/c1-59(2)53-27-14-12-25-49(53)51-39-48(34-36-54(51)59)61(46-32-29-41(30-33-46)40-17-6-3-7-18-40)47-24-16-19-42(37-47)43-31-35-55-52(38-43)58-57(50-26-13-15-28-56(50)62-58)60(55,44-20-8-4-9-21-44)45-22-10-5-11-23-45/h3-39H,1-2H3. The van der Waals surface area contributed by atoms with E-state index >= 15 is 0 Å². The van der Waals surface area contributed by atoms with E-state index in [2.05, 4.69) is 243 Å². The van der Waals surface area contributed by atoms with Crippen LogP contribution in [0.1, 0.15) is 47.2 Å². The van der Waals surface area contributed by atoms with Crippen molar-refractivity contribution in [1.82, 2.24) is 0 Å². The number of nitrogens with zero attached hydrogens (tertiary/aromatic N) is 1. The molecule has 2 aliphatic rings. The van der Waals surface area contributed by atoms with Crippen LogP contribution in [0, 0.1) is 0 Å². The van der Waals surface area contributed by atoms with E-state index in [1.807, 2.05) is 11.3 Å². The SMILES string of the molecule is CC1(C)c2ccccc2-c2cc(N(c3ccc(-c4ccccc4)cc3)c3cccc(-c4ccc5c(c4)-c4sc6ccccc6c4C5(c4ccccc4)c4ccccc4)c3)ccc21. The van der Waals surface area contributed by atoms with Crippen molar-refractivity contribution in [3.8, 4) is 43.8 Å². The normalized spacial score (nSPS) is 13.9. The average Bonchev–Trinajstić information content (AvgIpc) is 3.93. The first-order valence-corrected chi connectivity index (χ1v) is 22.4. The number of rotatable bonds is 7. The zero-order valence-electron chi connectivity index (χ0n) is 34.7. The molecule has 0 amide bonds. The first kappa shape index (κ1) is 36.6. The molecule has 10 aromatic rings. The zero-order valence-corrected chi connectivity index (χ0v) is 35.5. The summed E-state index contributed by atoms with van der Waals surface area (Å²) in [5, 5.41) is 1.33. The van der Waals surface area contributed by atoms with Crippen LogP contribution in [0.3, 0.4) is 0 Å². The Balaban J connectivity index is 1.03. The number of fused-ring (bicyclic) bond motifs is 8. The lowest BCUT2D eigenvalue weighted by molar-refractivity contribution is 0.660. The van der Waals surface area contributed by atoms with Crippen LogP contribution in [-0.2, 0) is 10.8 Å². The van der Waals surface area contributed by atoms with Crippen LogP contribution in [0.15, 0.2) is 224 Å². The Morgan fingerprint density at radius 3 is 1.68 bits per heavy atom. The van der Waals surface area contributed by atoms with Gasteiger partial charge in [-0.1, -0.05) is 190 Å². The number of hydrogen-bond acceptors (Lipinski definition) is 2. The highest BCUT2D eigenvalue weighted by atomic mass is 32.1. The van der Waals surface area contributed by atoms with Gasteiger partial charge in [0.1, 0.15) is 0 Å². The van der Waals surface area contributed by atoms with Gasteiger partial charge in [-0.2, -0.15) is 0 Å². The minimum absolute atomic E-state index is 0.0625. The quantitative estimate of drug-likeness (QED) is 0.155.